The zero-order valence-electron chi connectivity index (χ0n) is 13.1. The van der Waals surface area contributed by atoms with Gasteiger partial charge in [-0.05, 0) is 41.6 Å². The first-order chi connectivity index (χ1) is 11.2. The molecular formula is C14H14F3IN4O2S. The molecule has 0 saturated carbocycles. The molecule has 0 aromatic carbocycles. The lowest BCUT2D eigenvalue weighted by atomic mass is 10.2. The molecule has 0 saturated heterocycles. The number of methoxy groups -OCH3 is 1. The van der Waals surface area contributed by atoms with Crippen molar-refractivity contribution in [3.05, 3.63) is 33.2 Å². The van der Waals surface area contributed by atoms with E-state index in [-0.39, 0.29) is 37.8 Å². The number of aromatic nitrogens is 3. The molecule has 1 amide bonds. The Kier molecular flexibility index (Phi) is 5.56. The minimum atomic E-state index is -4.58. The van der Waals surface area contributed by atoms with Crippen LogP contribution in [-0.4, -0.2) is 34.3 Å². The second kappa shape index (κ2) is 7.02. The van der Waals surface area contributed by atoms with Crippen molar-refractivity contribution in [1.29, 1.82) is 0 Å². The Morgan fingerprint density at radius 3 is 2.64 bits per heavy atom. The van der Waals surface area contributed by atoms with Crippen LogP contribution in [0.15, 0.2) is 18.3 Å². The number of amides is 1. The highest BCUT2D eigenvalue weighted by molar-refractivity contribution is 14.1. The topological polar surface area (TPSA) is 60.2 Å². The van der Waals surface area contributed by atoms with E-state index in [0.717, 1.165) is 13.2 Å². The third-order valence-electron chi connectivity index (χ3n) is 3.68. The van der Waals surface area contributed by atoms with Crippen LogP contribution in [-0.2, 0) is 6.18 Å². The van der Waals surface area contributed by atoms with E-state index in [4.69, 9.17) is 4.74 Å². The van der Waals surface area contributed by atoms with Crippen molar-refractivity contribution in [3.8, 4) is 5.88 Å². The number of rotatable bonds is 2. The highest BCUT2D eigenvalue weighted by Crippen LogP contribution is 2.37. The van der Waals surface area contributed by atoms with E-state index in [1.54, 1.807) is 10.9 Å². The minimum absolute atomic E-state index is 0. The number of pyridine rings is 1. The second-order valence-corrected chi connectivity index (χ2v) is 6.44. The number of anilines is 1. The second-order valence-electron chi connectivity index (χ2n) is 5.27. The summed E-state index contributed by atoms with van der Waals surface area (Å²) in [5.41, 5.74) is -0.583. The number of carbonyl (C=O) groups excluding carboxylic acids is 1. The van der Waals surface area contributed by atoms with Crippen molar-refractivity contribution in [2.24, 2.45) is 0 Å². The molecule has 0 spiro atoms. The fraction of sp³-hybridized carbons (Fsp3) is 0.357. The SMILES string of the molecule is COc1nc(N2C[C@H](C)n3ncc(I)c3C2=O)ccc1C(F)(F)F.S. The Morgan fingerprint density at radius 2 is 2.04 bits per heavy atom. The van der Waals surface area contributed by atoms with E-state index >= 15 is 0 Å². The zero-order valence-corrected chi connectivity index (χ0v) is 16.3. The fourth-order valence-electron chi connectivity index (χ4n) is 2.58. The fourth-order valence-corrected chi connectivity index (χ4v) is 3.18. The molecule has 0 radical (unpaired) electrons. The maximum Gasteiger partial charge on any atom is 0.421 e. The molecule has 0 fully saturated rings. The van der Waals surface area contributed by atoms with Crippen LogP contribution in [0.1, 0.15) is 29.0 Å². The van der Waals surface area contributed by atoms with Crippen molar-refractivity contribution in [1.82, 2.24) is 14.8 Å². The number of hydrogen-bond donors (Lipinski definition) is 0. The summed E-state index contributed by atoms with van der Waals surface area (Å²) in [6, 6.07) is 1.92. The van der Waals surface area contributed by atoms with E-state index < -0.39 is 17.6 Å². The van der Waals surface area contributed by atoms with Gasteiger partial charge in [0.25, 0.3) is 5.91 Å². The number of halogens is 4. The van der Waals surface area contributed by atoms with Crippen LogP contribution in [0.4, 0.5) is 19.0 Å². The van der Waals surface area contributed by atoms with Crippen LogP contribution in [0.3, 0.4) is 0 Å². The Morgan fingerprint density at radius 1 is 1.36 bits per heavy atom. The van der Waals surface area contributed by atoms with Gasteiger partial charge in [0.1, 0.15) is 17.1 Å². The third kappa shape index (κ3) is 3.43. The van der Waals surface area contributed by atoms with Crippen molar-refractivity contribution in [3.63, 3.8) is 0 Å². The van der Waals surface area contributed by atoms with Gasteiger partial charge in [0, 0.05) is 6.54 Å². The van der Waals surface area contributed by atoms with Gasteiger partial charge in [0.15, 0.2) is 0 Å². The van der Waals surface area contributed by atoms with Gasteiger partial charge in [-0.3, -0.25) is 14.4 Å². The number of fused-ring (bicyclic) bond motifs is 1. The van der Waals surface area contributed by atoms with E-state index in [0.29, 0.717) is 9.26 Å². The van der Waals surface area contributed by atoms with Crippen LogP contribution >= 0.6 is 36.1 Å². The van der Waals surface area contributed by atoms with E-state index in [9.17, 15) is 18.0 Å². The Hall–Kier alpha value is -1.50. The van der Waals surface area contributed by atoms with Gasteiger partial charge in [-0.15, -0.1) is 0 Å². The maximum absolute atomic E-state index is 12.9. The number of alkyl halides is 3. The van der Waals surface area contributed by atoms with Gasteiger partial charge in [-0.25, -0.2) is 0 Å². The molecule has 2 aromatic heterocycles. The first-order valence-corrected chi connectivity index (χ1v) is 7.99. The van der Waals surface area contributed by atoms with Crippen molar-refractivity contribution in [2.45, 2.75) is 19.1 Å². The molecule has 1 aliphatic heterocycles. The van der Waals surface area contributed by atoms with E-state index in [1.165, 1.54) is 11.0 Å². The molecule has 136 valence electrons. The lowest BCUT2D eigenvalue weighted by molar-refractivity contribution is -0.139. The standard InChI is InChI=1S/C14H12F3IN4O2.H2S/c1-7-6-21(13(23)11-9(18)5-19-22(7)11)10-4-3-8(14(15,16)17)12(20-10)24-2;/h3-5,7H,6H2,1-2H3;1H2/t7-;/m0./s1. The summed E-state index contributed by atoms with van der Waals surface area (Å²) >= 11 is 2.00. The predicted octanol–water partition coefficient (Wildman–Crippen LogP) is 3.24. The molecule has 0 N–H and O–H groups in total. The van der Waals surface area contributed by atoms with Crippen LogP contribution in [0.2, 0.25) is 0 Å². The smallest absolute Gasteiger partial charge is 0.421 e. The predicted molar refractivity (Wildman–Crippen MR) is 97.5 cm³/mol. The van der Waals surface area contributed by atoms with Crippen LogP contribution in [0.25, 0.3) is 0 Å². The highest BCUT2D eigenvalue weighted by Gasteiger charge is 2.37. The summed E-state index contributed by atoms with van der Waals surface area (Å²) in [4.78, 5) is 17.9. The quantitative estimate of drug-likeness (QED) is 0.612. The number of ether oxygens (including phenoxy) is 1. The largest absolute Gasteiger partial charge is 0.481 e. The van der Waals surface area contributed by atoms with Crippen LogP contribution < -0.4 is 9.64 Å². The van der Waals surface area contributed by atoms with Gasteiger partial charge in [0.2, 0.25) is 5.88 Å². The molecule has 0 unspecified atom stereocenters. The number of hydrogen-bond acceptors (Lipinski definition) is 4. The van der Waals surface area contributed by atoms with Gasteiger partial charge in [0.05, 0.1) is 22.9 Å². The lowest BCUT2D eigenvalue weighted by Gasteiger charge is -2.31. The van der Waals surface area contributed by atoms with E-state index in [2.05, 4.69) is 10.1 Å². The molecule has 1 atom stereocenters. The summed E-state index contributed by atoms with van der Waals surface area (Å²) in [5, 5.41) is 4.16. The molecule has 1 aliphatic rings. The van der Waals surface area contributed by atoms with Crippen molar-refractivity contribution < 1.29 is 22.7 Å². The van der Waals surface area contributed by atoms with Crippen molar-refractivity contribution in [2.75, 3.05) is 18.6 Å². The Labute approximate surface area is 161 Å². The van der Waals surface area contributed by atoms with Gasteiger partial charge < -0.3 is 4.74 Å². The number of nitrogens with zero attached hydrogens (tertiary/aromatic N) is 4. The Balaban J connectivity index is 0.00000225. The summed E-state index contributed by atoms with van der Waals surface area (Å²) in [6.45, 7) is 2.12. The molecule has 0 bridgehead atoms. The van der Waals surface area contributed by atoms with Crippen LogP contribution in [0.5, 0.6) is 5.88 Å². The van der Waals surface area contributed by atoms with Gasteiger partial charge >= 0.3 is 6.18 Å². The van der Waals surface area contributed by atoms with Gasteiger partial charge in [-0.2, -0.15) is 36.7 Å². The van der Waals surface area contributed by atoms with Crippen molar-refractivity contribution >= 4 is 47.8 Å². The maximum atomic E-state index is 12.9. The summed E-state index contributed by atoms with van der Waals surface area (Å²) in [5.74, 6) is -0.807. The number of carbonyl (C=O) groups is 1. The average Bonchev–Trinajstić information content (AvgIpc) is 2.92. The molecule has 3 heterocycles. The average molecular weight is 486 g/mol. The van der Waals surface area contributed by atoms with Crippen LogP contribution in [0, 0.1) is 3.57 Å². The minimum Gasteiger partial charge on any atom is -0.481 e. The molecular weight excluding hydrogens is 472 g/mol. The van der Waals surface area contributed by atoms with E-state index in [1.807, 2.05) is 29.5 Å². The first-order valence-electron chi connectivity index (χ1n) is 6.91. The first kappa shape index (κ1) is 19.8. The normalized spacial score (nSPS) is 17.1. The molecule has 25 heavy (non-hydrogen) atoms. The van der Waals surface area contributed by atoms with Gasteiger partial charge in [-0.1, -0.05) is 0 Å². The summed E-state index contributed by atoms with van der Waals surface area (Å²) < 4.78 is 45.9. The Bertz CT molecular complexity index is 812. The molecule has 6 nitrogen and oxygen atoms in total. The molecule has 0 aliphatic carbocycles. The molecule has 3 rings (SSSR count). The molecule has 11 heteroatoms. The highest BCUT2D eigenvalue weighted by atomic mass is 127. The lowest BCUT2D eigenvalue weighted by Crippen LogP contribution is -2.43. The zero-order chi connectivity index (χ0) is 17.6. The monoisotopic (exact) mass is 486 g/mol. The molecule has 2 aromatic rings. The summed E-state index contributed by atoms with van der Waals surface area (Å²) in [6.07, 6.45) is -3.00. The third-order valence-corrected chi connectivity index (χ3v) is 4.47. The summed E-state index contributed by atoms with van der Waals surface area (Å²) in [7, 11) is 1.11.